The summed E-state index contributed by atoms with van der Waals surface area (Å²) in [5.74, 6) is 0.190. The number of nitrogens with one attached hydrogen (secondary N) is 1. The molecule has 1 amide bonds. The van der Waals surface area contributed by atoms with E-state index in [1.807, 2.05) is 34.6 Å². The Bertz CT molecular complexity index is 198. The second-order valence-corrected chi connectivity index (χ2v) is 5.07. The molecule has 4 nitrogen and oxygen atoms in total. The van der Waals surface area contributed by atoms with E-state index >= 15 is 0 Å². The molecule has 0 radical (unpaired) electrons. The van der Waals surface area contributed by atoms with Crippen molar-refractivity contribution in [2.24, 2.45) is 5.92 Å². The molecule has 0 aromatic rings. The lowest BCUT2D eigenvalue weighted by atomic mass is 10.0. The van der Waals surface area contributed by atoms with E-state index in [4.69, 9.17) is 9.84 Å². The first-order chi connectivity index (χ1) is 6.74. The molecule has 0 saturated heterocycles. The molecule has 0 bridgehead atoms. The minimum Gasteiger partial charge on any atom is -0.444 e. The Morgan fingerprint density at radius 3 is 2.33 bits per heavy atom. The Morgan fingerprint density at radius 2 is 1.93 bits per heavy atom. The van der Waals surface area contributed by atoms with Crippen molar-refractivity contribution in [1.29, 1.82) is 0 Å². The number of aliphatic hydroxyl groups is 1. The number of hydrogen-bond donors (Lipinski definition) is 2. The number of alkyl carbamates (subject to hydrolysis) is 1. The Hall–Kier alpha value is -0.770. The minimum absolute atomic E-state index is 0.0157. The van der Waals surface area contributed by atoms with Gasteiger partial charge in [-0.2, -0.15) is 0 Å². The lowest BCUT2D eigenvalue weighted by Crippen LogP contribution is -2.38. The van der Waals surface area contributed by atoms with Crippen LogP contribution in [0, 0.1) is 5.92 Å². The van der Waals surface area contributed by atoms with E-state index < -0.39 is 11.7 Å². The predicted molar refractivity (Wildman–Crippen MR) is 59.7 cm³/mol. The van der Waals surface area contributed by atoms with Gasteiger partial charge in [0, 0.05) is 12.6 Å². The van der Waals surface area contributed by atoms with Gasteiger partial charge in [-0.05, 0) is 40.0 Å². The molecule has 90 valence electrons. The van der Waals surface area contributed by atoms with Crippen LogP contribution in [0.3, 0.4) is 0 Å². The van der Waals surface area contributed by atoms with Crippen LogP contribution < -0.4 is 5.32 Å². The third-order valence-electron chi connectivity index (χ3n) is 1.83. The molecular formula is C11H23NO3. The molecule has 2 N–H and O–H groups in total. The molecule has 0 aliphatic heterocycles. The zero-order valence-electron chi connectivity index (χ0n) is 10.3. The van der Waals surface area contributed by atoms with Crippen LogP contribution in [0.5, 0.6) is 0 Å². The molecule has 0 aliphatic rings. The summed E-state index contributed by atoms with van der Waals surface area (Å²) in [7, 11) is 0. The maximum Gasteiger partial charge on any atom is 0.407 e. The van der Waals surface area contributed by atoms with E-state index in [0.717, 1.165) is 6.42 Å². The van der Waals surface area contributed by atoms with E-state index in [2.05, 4.69) is 5.32 Å². The number of amides is 1. The topological polar surface area (TPSA) is 58.6 Å². The van der Waals surface area contributed by atoms with Crippen LogP contribution >= 0.6 is 0 Å². The number of hydrogen-bond acceptors (Lipinski definition) is 3. The summed E-state index contributed by atoms with van der Waals surface area (Å²) < 4.78 is 5.11. The van der Waals surface area contributed by atoms with E-state index in [0.29, 0.717) is 0 Å². The SMILES string of the molecule is C[C@@H](CO)C[C@H](C)NC(=O)OC(C)(C)C. The quantitative estimate of drug-likeness (QED) is 0.756. The summed E-state index contributed by atoms with van der Waals surface area (Å²) in [6.45, 7) is 9.46. The van der Waals surface area contributed by atoms with Crippen LogP contribution in [0.1, 0.15) is 41.0 Å². The molecule has 0 heterocycles. The predicted octanol–water partition coefficient (Wildman–Crippen LogP) is 1.92. The van der Waals surface area contributed by atoms with E-state index in [-0.39, 0.29) is 18.6 Å². The molecule has 0 unspecified atom stereocenters. The average Bonchev–Trinajstić information content (AvgIpc) is 1.99. The molecule has 4 heteroatoms. The normalized spacial score (nSPS) is 15.6. The number of aliphatic hydroxyl groups excluding tert-OH is 1. The van der Waals surface area contributed by atoms with Crippen LogP contribution in [0.15, 0.2) is 0 Å². The smallest absolute Gasteiger partial charge is 0.407 e. The summed E-state index contributed by atoms with van der Waals surface area (Å²) >= 11 is 0. The Balaban J connectivity index is 3.87. The molecule has 0 fully saturated rings. The summed E-state index contributed by atoms with van der Waals surface area (Å²) in [6.07, 6.45) is 0.343. The maximum absolute atomic E-state index is 11.3. The molecule has 0 saturated carbocycles. The fourth-order valence-electron chi connectivity index (χ4n) is 1.25. The zero-order chi connectivity index (χ0) is 12.1. The van der Waals surface area contributed by atoms with Crippen molar-refractivity contribution in [3.8, 4) is 0 Å². The first-order valence-electron chi connectivity index (χ1n) is 5.35. The van der Waals surface area contributed by atoms with Crippen molar-refractivity contribution < 1.29 is 14.6 Å². The van der Waals surface area contributed by atoms with Crippen LogP contribution in [-0.2, 0) is 4.74 Å². The van der Waals surface area contributed by atoms with Gasteiger partial charge >= 0.3 is 6.09 Å². The van der Waals surface area contributed by atoms with Crippen molar-refractivity contribution in [3.05, 3.63) is 0 Å². The van der Waals surface area contributed by atoms with Crippen LogP contribution in [-0.4, -0.2) is 29.4 Å². The second-order valence-electron chi connectivity index (χ2n) is 5.07. The Labute approximate surface area is 92.0 Å². The Morgan fingerprint density at radius 1 is 1.40 bits per heavy atom. The average molecular weight is 217 g/mol. The van der Waals surface area contributed by atoms with Crippen LogP contribution in [0.4, 0.5) is 4.79 Å². The molecule has 15 heavy (non-hydrogen) atoms. The molecule has 0 spiro atoms. The highest BCUT2D eigenvalue weighted by Crippen LogP contribution is 2.08. The molecule has 2 atom stereocenters. The molecule has 0 aromatic heterocycles. The van der Waals surface area contributed by atoms with Crippen molar-refractivity contribution in [2.75, 3.05) is 6.61 Å². The standard InChI is InChI=1S/C11H23NO3/c1-8(7-13)6-9(2)12-10(14)15-11(3,4)5/h8-9,13H,6-7H2,1-5H3,(H,12,14)/t8-,9+/m1/s1. The molecular weight excluding hydrogens is 194 g/mol. The van der Waals surface area contributed by atoms with Gasteiger partial charge in [-0.3, -0.25) is 0 Å². The first kappa shape index (κ1) is 14.2. The molecule has 0 aliphatic carbocycles. The van der Waals surface area contributed by atoms with Crippen LogP contribution in [0.25, 0.3) is 0 Å². The molecule has 0 rings (SSSR count). The summed E-state index contributed by atoms with van der Waals surface area (Å²) in [4.78, 5) is 11.3. The minimum atomic E-state index is -0.466. The van der Waals surface area contributed by atoms with Gasteiger partial charge in [0.2, 0.25) is 0 Å². The van der Waals surface area contributed by atoms with Crippen molar-refractivity contribution in [1.82, 2.24) is 5.32 Å². The lowest BCUT2D eigenvalue weighted by molar-refractivity contribution is 0.0499. The Kier molecular flexibility index (Phi) is 5.65. The first-order valence-corrected chi connectivity index (χ1v) is 5.35. The van der Waals surface area contributed by atoms with E-state index in [9.17, 15) is 4.79 Å². The number of rotatable bonds is 4. The van der Waals surface area contributed by atoms with Crippen molar-refractivity contribution in [3.63, 3.8) is 0 Å². The number of ether oxygens (including phenoxy) is 1. The highest BCUT2D eigenvalue weighted by Gasteiger charge is 2.18. The highest BCUT2D eigenvalue weighted by molar-refractivity contribution is 5.67. The van der Waals surface area contributed by atoms with Gasteiger partial charge in [-0.15, -0.1) is 0 Å². The van der Waals surface area contributed by atoms with Gasteiger partial charge in [-0.1, -0.05) is 6.92 Å². The van der Waals surface area contributed by atoms with E-state index in [1.54, 1.807) is 0 Å². The van der Waals surface area contributed by atoms with Crippen molar-refractivity contribution in [2.45, 2.75) is 52.7 Å². The summed E-state index contributed by atoms with van der Waals surface area (Å²) in [5, 5.41) is 11.6. The lowest BCUT2D eigenvalue weighted by Gasteiger charge is -2.22. The van der Waals surface area contributed by atoms with Gasteiger partial charge in [-0.25, -0.2) is 4.79 Å². The number of carbonyl (C=O) groups excluding carboxylic acids is 1. The summed E-state index contributed by atoms with van der Waals surface area (Å²) in [6, 6.07) is 0.0157. The van der Waals surface area contributed by atoms with Gasteiger partial charge in [0.05, 0.1) is 0 Å². The fourth-order valence-corrected chi connectivity index (χ4v) is 1.25. The fraction of sp³-hybridized carbons (Fsp3) is 0.909. The third-order valence-corrected chi connectivity index (χ3v) is 1.83. The second kappa shape index (κ2) is 5.95. The molecule has 0 aromatic carbocycles. The van der Waals surface area contributed by atoms with Gasteiger partial charge in [0.1, 0.15) is 5.60 Å². The van der Waals surface area contributed by atoms with Crippen molar-refractivity contribution >= 4 is 6.09 Å². The van der Waals surface area contributed by atoms with Crippen LogP contribution in [0.2, 0.25) is 0 Å². The van der Waals surface area contributed by atoms with E-state index in [1.165, 1.54) is 0 Å². The number of carbonyl (C=O) groups is 1. The zero-order valence-corrected chi connectivity index (χ0v) is 10.3. The maximum atomic E-state index is 11.3. The summed E-state index contributed by atoms with van der Waals surface area (Å²) in [5.41, 5.74) is -0.466. The monoisotopic (exact) mass is 217 g/mol. The van der Waals surface area contributed by atoms with Gasteiger partial charge < -0.3 is 15.2 Å². The highest BCUT2D eigenvalue weighted by atomic mass is 16.6. The van der Waals surface area contributed by atoms with Gasteiger partial charge in [0.25, 0.3) is 0 Å². The largest absolute Gasteiger partial charge is 0.444 e. The van der Waals surface area contributed by atoms with Gasteiger partial charge in [0.15, 0.2) is 0 Å². The third kappa shape index (κ3) is 8.24.